The molecule has 5 aliphatic rings. The molecule has 0 aromatic heterocycles. The second kappa shape index (κ2) is 40.3. The predicted octanol–water partition coefficient (Wildman–Crippen LogP) is -8.41. The fourth-order valence-electron chi connectivity index (χ4n) is 10.7. The van der Waals surface area contributed by atoms with Crippen LogP contribution in [0.15, 0.2) is 11.8 Å². The molecule has 5 fully saturated rings. The summed E-state index contributed by atoms with van der Waals surface area (Å²) in [5.41, 5.74) is 0. The van der Waals surface area contributed by atoms with Crippen LogP contribution in [0.5, 0.6) is 0 Å². The molecule has 0 bridgehead atoms. The smallest absolute Gasteiger partial charge is 0.397 e. The van der Waals surface area contributed by atoms with E-state index >= 15 is 0 Å². The summed E-state index contributed by atoms with van der Waals surface area (Å²) >= 11 is 0. The van der Waals surface area contributed by atoms with Crippen molar-refractivity contribution in [3.8, 4) is 0 Å². The maximum atomic E-state index is 14.4. The first-order chi connectivity index (χ1) is 49.2. The topological polar surface area (TPSA) is 718 Å². The van der Waals surface area contributed by atoms with Crippen LogP contribution in [-0.2, 0) is 163 Å². The van der Waals surface area contributed by atoms with E-state index in [2.05, 4.69) is 28.5 Å². The van der Waals surface area contributed by atoms with E-state index < -0.39 is 286 Å². The molecule has 15 N–H and O–H groups in total. The van der Waals surface area contributed by atoms with Crippen LogP contribution in [0.3, 0.4) is 0 Å². The average molecular weight is 1650 g/mol. The molecule has 5 rings (SSSR count). The Kier molecular flexibility index (Phi) is 34.9. The third-order valence-electron chi connectivity index (χ3n) is 15.4. The molecule has 0 aliphatic carbocycles. The summed E-state index contributed by atoms with van der Waals surface area (Å²) < 4.78 is 268. The summed E-state index contributed by atoms with van der Waals surface area (Å²) in [7, 11) is -28.7. The molecule has 5 aliphatic heterocycles. The number of amides is 3. The third kappa shape index (κ3) is 28.1. The predicted molar refractivity (Wildman–Crippen MR) is 331 cm³/mol. The molecule has 0 radical (unpaired) electrons. The number of hydrogen-bond donors (Lipinski definition) is 15. The number of hydrogen-bond acceptors (Lipinski definition) is 41. The van der Waals surface area contributed by atoms with Crippen molar-refractivity contribution in [1.82, 2.24) is 16.0 Å². The summed E-state index contributed by atoms with van der Waals surface area (Å²) in [6.45, 7) is 0.594. The average Bonchev–Trinajstić information content (AvgIpc) is 0.762. The summed E-state index contributed by atoms with van der Waals surface area (Å²) in [5, 5.41) is 87.7. The number of aliphatic hydroxyl groups is 7. The van der Waals surface area contributed by atoms with Crippen molar-refractivity contribution in [1.29, 1.82) is 0 Å². The Balaban J connectivity index is 1.64. The van der Waals surface area contributed by atoms with Gasteiger partial charge in [0, 0.05) is 20.8 Å². The molecule has 25 unspecified atom stereocenters. The minimum atomic E-state index is -6.03. The van der Waals surface area contributed by atoms with Crippen molar-refractivity contribution in [2.24, 2.45) is 0 Å². The van der Waals surface area contributed by atoms with E-state index in [0.717, 1.165) is 20.8 Å². The quantitative estimate of drug-likeness (QED) is 0.00679. The molecule has 5 heterocycles. The van der Waals surface area contributed by atoms with Gasteiger partial charge in [-0.05, 0) is 19.3 Å². The molecule has 106 heavy (non-hydrogen) atoms. The molecule has 54 heteroatoms. The van der Waals surface area contributed by atoms with E-state index in [4.69, 9.17) is 69.9 Å². The van der Waals surface area contributed by atoms with Crippen molar-refractivity contribution >= 4 is 87.6 Å². The van der Waals surface area contributed by atoms with Gasteiger partial charge in [-0.2, -0.15) is 42.1 Å². The van der Waals surface area contributed by atoms with E-state index in [9.17, 15) is 129 Å². The van der Waals surface area contributed by atoms with Gasteiger partial charge in [0.1, 0.15) is 110 Å². The summed E-state index contributed by atoms with van der Waals surface area (Å²) in [5.74, 6) is -8.37. The van der Waals surface area contributed by atoms with Crippen LogP contribution in [-0.4, -0.2) is 336 Å². The zero-order valence-corrected chi connectivity index (χ0v) is 60.6. The van der Waals surface area contributed by atoms with Crippen LogP contribution >= 0.6 is 0 Å². The SMILES string of the molecule is CCCCOC(=O)/C=C(\CO)OC1OC(COS(=O)(=O)O)C(OC2OC(C(=O)OCCCC)C(OC3OC(COS(=O)(=O)O)C(OC4OC(C(=O)OCCCC)C(OC5OC(COS(=O)(=O)O)C(O)C(O)C5NC(C)=O)C(O)C4OS(=O)(=O)O)C(O)C3NC(C)=O)C(O)C2OS(=O)(=O)O)C(O)C1NC(C)=O. The summed E-state index contributed by atoms with van der Waals surface area (Å²) in [6.07, 6.45) is -54.8. The van der Waals surface area contributed by atoms with Crippen molar-refractivity contribution in [3.63, 3.8) is 0 Å². The molecule has 49 nitrogen and oxygen atoms in total. The lowest BCUT2D eigenvalue weighted by atomic mass is 9.93. The fraction of sp³-hybridized carbons (Fsp3) is 0.846. The van der Waals surface area contributed by atoms with Crippen molar-refractivity contribution < 1.29 is 212 Å². The Morgan fingerprint density at radius 2 is 0.726 bits per heavy atom. The second-order valence-electron chi connectivity index (χ2n) is 23.6. The van der Waals surface area contributed by atoms with Crippen molar-refractivity contribution in [2.75, 3.05) is 46.2 Å². The normalized spacial score (nSPS) is 34.2. The molecule has 0 aromatic carbocycles. The van der Waals surface area contributed by atoms with Crippen molar-refractivity contribution in [2.45, 2.75) is 233 Å². The van der Waals surface area contributed by atoms with E-state index in [1.54, 1.807) is 20.8 Å². The van der Waals surface area contributed by atoms with Gasteiger partial charge in [-0.15, -0.1) is 0 Å². The highest BCUT2D eigenvalue weighted by Crippen LogP contribution is 2.39. The molecule has 5 saturated heterocycles. The van der Waals surface area contributed by atoms with E-state index in [1.807, 2.05) is 0 Å². The van der Waals surface area contributed by atoms with Gasteiger partial charge in [0.05, 0.1) is 45.7 Å². The van der Waals surface area contributed by atoms with Gasteiger partial charge < -0.3 is 113 Å². The molecular weight excluding hydrogens is 1560 g/mol. The zero-order valence-electron chi connectivity index (χ0n) is 56.5. The van der Waals surface area contributed by atoms with Crippen molar-refractivity contribution in [3.05, 3.63) is 11.8 Å². The first-order valence-electron chi connectivity index (χ1n) is 31.6. The minimum Gasteiger partial charge on any atom is -0.464 e. The lowest BCUT2D eigenvalue weighted by molar-refractivity contribution is -0.373. The van der Waals surface area contributed by atoms with Crippen LogP contribution < -0.4 is 16.0 Å². The maximum absolute atomic E-state index is 14.4. The van der Waals surface area contributed by atoms with Gasteiger partial charge in [-0.1, -0.05) is 40.0 Å². The van der Waals surface area contributed by atoms with Gasteiger partial charge >= 0.3 is 69.9 Å². The van der Waals surface area contributed by atoms with Crippen LogP contribution in [0.4, 0.5) is 0 Å². The van der Waals surface area contributed by atoms with Gasteiger partial charge in [-0.3, -0.25) is 37.1 Å². The fourth-order valence-corrected chi connectivity index (χ4v) is 12.6. The first-order valence-corrected chi connectivity index (χ1v) is 38.5. The van der Waals surface area contributed by atoms with Crippen LogP contribution in [0, 0.1) is 0 Å². The largest absolute Gasteiger partial charge is 0.464 e. The number of nitrogens with one attached hydrogen (secondary N) is 3. The van der Waals surface area contributed by atoms with Crippen LogP contribution in [0.25, 0.3) is 0 Å². The third-order valence-corrected chi connectivity index (χ3v) is 17.6. The van der Waals surface area contributed by atoms with Gasteiger partial charge in [0.2, 0.25) is 24.0 Å². The number of carbonyl (C=O) groups excluding carboxylic acids is 6. The summed E-state index contributed by atoms with van der Waals surface area (Å²) in [4.78, 5) is 79.5. The molecule has 25 atom stereocenters. The molecule has 614 valence electrons. The highest BCUT2D eigenvalue weighted by molar-refractivity contribution is 7.81. The van der Waals surface area contributed by atoms with Gasteiger partial charge in [0.15, 0.2) is 49.6 Å². The van der Waals surface area contributed by atoms with E-state index in [-0.39, 0.29) is 25.9 Å². The Bertz CT molecular complexity index is 3560. The second-order valence-corrected chi connectivity index (χ2v) is 28.9. The standard InChI is InChI=1S/C52H85N3O46S5/c1-7-10-13-84-28(60)16-24(17-56)90-48-30(54-22(5)58)34(63)38(26(92-48)19-88-103(72,73)74)94-51-43(101-106(81,82)83)37(66)41(45(99-51)47(68)86-15-12-9-3)97-50-31(55-23(6)59)35(64)39(27(93-50)20-89-104(75,76)77)95-52-42(100-105(78,79)80)36(65)40(44(98-52)46(67)85-14-11-8-2)96-49-29(53-21(4)57)33(62)32(61)25(91-49)18-87-102(69,70)71/h16,25-27,29-45,48-52,56,61-66H,7-15,17-20H2,1-6H3,(H,53,57)(H,54,58)(H,55,59)(H,69,70,71)(H,72,73,74)(H,75,76,77)(H,78,79,80)(H,81,82,83)/b24-16+. The van der Waals surface area contributed by atoms with Gasteiger partial charge in [0.25, 0.3) is 0 Å². The zero-order chi connectivity index (χ0) is 79.7. The minimum absolute atomic E-state index is 0.0378. The number of unbranched alkanes of at least 4 members (excludes halogenated alkanes) is 3. The summed E-state index contributed by atoms with van der Waals surface area (Å²) in [6, 6.07) is -6.51. The highest BCUT2D eigenvalue weighted by atomic mass is 32.3. The number of carbonyl (C=O) groups is 6. The van der Waals surface area contributed by atoms with E-state index in [1.165, 1.54) is 0 Å². The Morgan fingerprint density at radius 1 is 0.396 bits per heavy atom. The monoisotopic (exact) mass is 1650 g/mol. The number of esters is 3. The molecule has 0 aromatic rings. The van der Waals surface area contributed by atoms with Gasteiger partial charge in [-0.25, -0.2) is 35.3 Å². The number of rotatable bonds is 39. The number of ether oxygens (including phenoxy) is 13. The van der Waals surface area contributed by atoms with Crippen LogP contribution in [0.2, 0.25) is 0 Å². The first kappa shape index (κ1) is 91.7. The Morgan fingerprint density at radius 3 is 1.08 bits per heavy atom. The van der Waals surface area contributed by atoms with E-state index in [0.29, 0.717) is 25.3 Å². The number of aliphatic hydroxyl groups excluding tert-OH is 7. The molecular formula is C52H85N3O46S5. The Labute approximate surface area is 604 Å². The molecule has 3 amide bonds. The lowest BCUT2D eigenvalue weighted by Crippen LogP contribution is -2.71. The Hall–Kier alpha value is -4.93. The van der Waals surface area contributed by atoms with Crippen LogP contribution in [0.1, 0.15) is 80.1 Å². The molecule has 0 spiro atoms. The highest BCUT2D eigenvalue weighted by Gasteiger charge is 2.61. The molecule has 0 saturated carbocycles. The lowest BCUT2D eigenvalue weighted by Gasteiger charge is -2.50. The maximum Gasteiger partial charge on any atom is 0.397 e.